The van der Waals surface area contributed by atoms with E-state index in [9.17, 15) is 4.39 Å². The van der Waals surface area contributed by atoms with Crippen LogP contribution in [0.3, 0.4) is 0 Å². The predicted octanol–water partition coefficient (Wildman–Crippen LogP) is 5.40. The molecular weight excluding hydrogens is 403 g/mol. The topological polar surface area (TPSA) is 18.5 Å². The lowest BCUT2D eigenvalue weighted by molar-refractivity contribution is 0.354. The maximum atomic E-state index is 14.3. The first-order valence-corrected chi connectivity index (χ1v) is 8.01. The van der Waals surface area contributed by atoms with Crippen molar-refractivity contribution in [3.8, 4) is 11.5 Å². The number of methoxy groups -OCH3 is 2. The van der Waals surface area contributed by atoms with Crippen molar-refractivity contribution in [2.24, 2.45) is 0 Å². The van der Waals surface area contributed by atoms with Gasteiger partial charge in [0.2, 0.25) is 0 Å². The smallest absolute Gasteiger partial charge is 0.161 e. The van der Waals surface area contributed by atoms with E-state index in [1.54, 1.807) is 26.4 Å². The van der Waals surface area contributed by atoms with Gasteiger partial charge in [-0.3, -0.25) is 0 Å². The van der Waals surface area contributed by atoms with Gasteiger partial charge in [-0.2, -0.15) is 0 Å². The molecule has 112 valence electrons. The number of rotatable bonds is 4. The Bertz CT molecular complexity index is 659. The third kappa shape index (κ3) is 3.24. The molecule has 21 heavy (non-hydrogen) atoms. The van der Waals surface area contributed by atoms with Crippen LogP contribution in [0.15, 0.2) is 34.8 Å². The zero-order valence-corrected chi connectivity index (χ0v) is 15.1. The van der Waals surface area contributed by atoms with Gasteiger partial charge in [-0.1, -0.05) is 28.1 Å². The number of halogens is 3. The molecule has 0 aliphatic carbocycles. The van der Waals surface area contributed by atoms with Crippen molar-refractivity contribution in [1.82, 2.24) is 0 Å². The van der Waals surface area contributed by atoms with E-state index in [-0.39, 0.29) is 10.6 Å². The van der Waals surface area contributed by atoms with Crippen LogP contribution < -0.4 is 9.47 Å². The first-order valence-electron chi connectivity index (χ1n) is 6.30. The fourth-order valence-electron chi connectivity index (χ4n) is 2.15. The zero-order chi connectivity index (χ0) is 15.6. The highest BCUT2D eigenvalue weighted by molar-refractivity contribution is 9.10. The molecule has 0 aliphatic rings. The molecule has 0 spiro atoms. The number of hydrogen-bond donors (Lipinski definition) is 0. The Hall–Kier alpha value is -1.07. The van der Waals surface area contributed by atoms with Crippen LogP contribution in [0.5, 0.6) is 11.5 Å². The molecule has 2 rings (SSSR count). The van der Waals surface area contributed by atoms with Gasteiger partial charge in [0, 0.05) is 5.56 Å². The van der Waals surface area contributed by atoms with Gasteiger partial charge >= 0.3 is 0 Å². The van der Waals surface area contributed by atoms with Crippen LogP contribution in [0.2, 0.25) is 0 Å². The lowest BCUT2D eigenvalue weighted by Crippen LogP contribution is -2.01. The molecule has 0 saturated heterocycles. The largest absolute Gasteiger partial charge is 0.493 e. The molecule has 2 nitrogen and oxygen atoms in total. The van der Waals surface area contributed by atoms with Gasteiger partial charge in [-0.05, 0) is 52.2 Å². The van der Waals surface area contributed by atoms with Crippen molar-refractivity contribution < 1.29 is 13.9 Å². The SMILES string of the molecule is COc1cc(C)c(C(Br)c2cccc(Br)c2F)cc1OC. The van der Waals surface area contributed by atoms with Crippen LogP contribution in [0.25, 0.3) is 0 Å². The van der Waals surface area contributed by atoms with E-state index in [4.69, 9.17) is 9.47 Å². The summed E-state index contributed by atoms with van der Waals surface area (Å²) in [4.78, 5) is -0.269. The quantitative estimate of drug-likeness (QED) is 0.620. The van der Waals surface area contributed by atoms with E-state index in [1.807, 2.05) is 25.1 Å². The average Bonchev–Trinajstić information content (AvgIpc) is 2.49. The molecule has 0 fully saturated rings. The van der Waals surface area contributed by atoms with Gasteiger partial charge in [0.25, 0.3) is 0 Å². The highest BCUT2D eigenvalue weighted by atomic mass is 79.9. The molecule has 2 aromatic carbocycles. The first kappa shape index (κ1) is 16.3. The summed E-state index contributed by atoms with van der Waals surface area (Å²) < 4.78 is 25.3. The summed E-state index contributed by atoms with van der Waals surface area (Å²) in [5.74, 6) is 1.01. The summed E-state index contributed by atoms with van der Waals surface area (Å²) in [7, 11) is 3.18. The van der Waals surface area contributed by atoms with Crippen molar-refractivity contribution >= 4 is 31.9 Å². The number of benzene rings is 2. The zero-order valence-electron chi connectivity index (χ0n) is 11.9. The second-order valence-electron chi connectivity index (χ2n) is 4.57. The van der Waals surface area contributed by atoms with E-state index < -0.39 is 0 Å². The van der Waals surface area contributed by atoms with Crippen LogP contribution in [-0.4, -0.2) is 14.2 Å². The van der Waals surface area contributed by atoms with Crippen LogP contribution in [-0.2, 0) is 0 Å². The fourth-order valence-corrected chi connectivity index (χ4v) is 3.38. The van der Waals surface area contributed by atoms with Crippen molar-refractivity contribution in [2.45, 2.75) is 11.8 Å². The van der Waals surface area contributed by atoms with Gasteiger partial charge in [0.15, 0.2) is 11.5 Å². The number of ether oxygens (including phenoxy) is 2. The standard InChI is InChI=1S/C16H15Br2FO2/c1-9-7-13(20-2)14(21-3)8-11(9)15(18)10-5-4-6-12(17)16(10)19/h4-8,15H,1-3H3. The predicted molar refractivity (Wildman–Crippen MR) is 89.2 cm³/mol. The third-order valence-electron chi connectivity index (χ3n) is 3.30. The highest BCUT2D eigenvalue weighted by Gasteiger charge is 2.20. The Morgan fingerprint density at radius 3 is 2.29 bits per heavy atom. The second kappa shape index (κ2) is 6.79. The van der Waals surface area contributed by atoms with Gasteiger partial charge in [0.1, 0.15) is 5.82 Å². The lowest BCUT2D eigenvalue weighted by atomic mass is 9.99. The summed E-state index contributed by atoms with van der Waals surface area (Å²) in [6, 6.07) is 9.01. The lowest BCUT2D eigenvalue weighted by Gasteiger charge is -2.18. The van der Waals surface area contributed by atoms with Crippen LogP contribution >= 0.6 is 31.9 Å². The fraction of sp³-hybridized carbons (Fsp3) is 0.250. The minimum Gasteiger partial charge on any atom is -0.493 e. The molecule has 0 bridgehead atoms. The highest BCUT2D eigenvalue weighted by Crippen LogP contribution is 2.40. The summed E-state index contributed by atoms with van der Waals surface area (Å²) in [6.07, 6.45) is 0. The normalized spacial score (nSPS) is 12.1. The number of alkyl halides is 1. The van der Waals surface area contributed by atoms with E-state index in [2.05, 4.69) is 31.9 Å². The van der Waals surface area contributed by atoms with Gasteiger partial charge in [-0.25, -0.2) is 4.39 Å². The maximum absolute atomic E-state index is 14.3. The van der Waals surface area contributed by atoms with Crippen molar-refractivity contribution in [1.29, 1.82) is 0 Å². The second-order valence-corrected chi connectivity index (χ2v) is 6.34. The van der Waals surface area contributed by atoms with Crippen LogP contribution in [0, 0.1) is 12.7 Å². The Morgan fingerprint density at radius 1 is 1.05 bits per heavy atom. The Morgan fingerprint density at radius 2 is 1.67 bits per heavy atom. The molecule has 1 unspecified atom stereocenters. The van der Waals surface area contributed by atoms with E-state index in [0.717, 1.165) is 11.1 Å². The van der Waals surface area contributed by atoms with E-state index in [1.165, 1.54) is 0 Å². The van der Waals surface area contributed by atoms with Crippen molar-refractivity contribution in [2.75, 3.05) is 14.2 Å². The number of aryl methyl sites for hydroxylation is 1. The summed E-state index contributed by atoms with van der Waals surface area (Å²) >= 11 is 6.80. The third-order valence-corrected chi connectivity index (χ3v) is 4.90. The van der Waals surface area contributed by atoms with Gasteiger partial charge in [-0.15, -0.1) is 0 Å². The molecule has 5 heteroatoms. The first-order chi connectivity index (χ1) is 9.99. The number of hydrogen-bond acceptors (Lipinski definition) is 2. The monoisotopic (exact) mass is 416 g/mol. The molecule has 0 radical (unpaired) electrons. The molecule has 0 aromatic heterocycles. The molecule has 0 aliphatic heterocycles. The summed E-state index contributed by atoms with van der Waals surface area (Å²) in [6.45, 7) is 1.96. The Labute approximate surface area is 140 Å². The summed E-state index contributed by atoms with van der Waals surface area (Å²) in [5.41, 5.74) is 2.50. The van der Waals surface area contributed by atoms with Crippen LogP contribution in [0.1, 0.15) is 21.5 Å². The van der Waals surface area contributed by atoms with Crippen LogP contribution in [0.4, 0.5) is 4.39 Å². The Balaban J connectivity index is 2.53. The molecule has 2 aromatic rings. The Kier molecular flexibility index (Phi) is 5.27. The molecular formula is C16H15Br2FO2. The molecule has 0 N–H and O–H groups in total. The molecule has 0 saturated carbocycles. The minimum absolute atomic E-state index is 0.269. The molecule has 0 heterocycles. The van der Waals surface area contributed by atoms with Crippen molar-refractivity contribution in [3.63, 3.8) is 0 Å². The maximum Gasteiger partial charge on any atom is 0.161 e. The van der Waals surface area contributed by atoms with E-state index >= 15 is 0 Å². The van der Waals surface area contributed by atoms with E-state index in [0.29, 0.717) is 21.5 Å². The minimum atomic E-state index is -0.270. The molecule has 1 atom stereocenters. The molecule has 0 amide bonds. The summed E-state index contributed by atoms with van der Waals surface area (Å²) in [5, 5.41) is 0. The average molecular weight is 418 g/mol. The van der Waals surface area contributed by atoms with Crippen molar-refractivity contribution in [3.05, 3.63) is 57.3 Å². The van der Waals surface area contributed by atoms with Gasteiger partial charge < -0.3 is 9.47 Å². The van der Waals surface area contributed by atoms with Gasteiger partial charge in [0.05, 0.1) is 23.5 Å².